The fourth-order valence-corrected chi connectivity index (χ4v) is 4.60. The molecular formula is C34H46O6. The van der Waals surface area contributed by atoms with E-state index in [2.05, 4.69) is 31.2 Å². The van der Waals surface area contributed by atoms with Gasteiger partial charge in [0.2, 0.25) is 0 Å². The molecule has 2 N–H and O–H groups in total. The molecule has 0 fully saturated rings. The molecule has 0 radical (unpaired) electrons. The van der Waals surface area contributed by atoms with Crippen LogP contribution in [-0.2, 0) is 9.53 Å². The summed E-state index contributed by atoms with van der Waals surface area (Å²) in [7, 11) is 0. The van der Waals surface area contributed by atoms with Crippen molar-refractivity contribution in [3.05, 3.63) is 70.9 Å². The number of ketones is 2. The average molecular weight is 551 g/mol. The largest absolute Gasteiger partial charge is 0.507 e. The van der Waals surface area contributed by atoms with Crippen molar-refractivity contribution in [3.8, 4) is 11.5 Å². The fraction of sp³-hybridized carbons (Fsp3) is 0.500. The van der Waals surface area contributed by atoms with Crippen molar-refractivity contribution in [2.75, 3.05) is 0 Å². The molecule has 1 aromatic rings. The summed E-state index contributed by atoms with van der Waals surface area (Å²) in [5.74, 6) is -2.43. The molecule has 2 rings (SSSR count). The number of Topliss-reactive ketones (excluding diaryl/α,β-unsaturated/α-hetero) is 1. The molecule has 0 aromatic heterocycles. The summed E-state index contributed by atoms with van der Waals surface area (Å²) in [5.41, 5.74) is 0.496. The van der Waals surface area contributed by atoms with Crippen LogP contribution in [0.5, 0.6) is 11.5 Å². The minimum Gasteiger partial charge on any atom is -0.507 e. The predicted octanol–water partition coefficient (Wildman–Crippen LogP) is 8.48. The number of hydrogen-bond acceptors (Lipinski definition) is 6. The third kappa shape index (κ3) is 11.0. The zero-order chi connectivity index (χ0) is 29.3. The number of rotatable bonds is 18. The van der Waals surface area contributed by atoms with Crippen LogP contribution in [0.4, 0.5) is 0 Å². The molecule has 1 aliphatic rings. The van der Waals surface area contributed by atoms with Gasteiger partial charge in [-0.2, -0.15) is 0 Å². The molecule has 1 aliphatic carbocycles. The second-order valence-electron chi connectivity index (χ2n) is 10.6. The first-order chi connectivity index (χ1) is 19.3. The van der Waals surface area contributed by atoms with E-state index in [0.29, 0.717) is 6.42 Å². The molecule has 0 spiro atoms. The fourth-order valence-electron chi connectivity index (χ4n) is 4.60. The third-order valence-corrected chi connectivity index (χ3v) is 6.88. The zero-order valence-electron chi connectivity index (χ0n) is 24.4. The Morgan fingerprint density at radius 1 is 0.850 bits per heavy atom. The van der Waals surface area contributed by atoms with Gasteiger partial charge < -0.3 is 14.9 Å². The summed E-state index contributed by atoms with van der Waals surface area (Å²) >= 11 is 0. The van der Waals surface area contributed by atoms with Crippen LogP contribution in [0.1, 0.15) is 125 Å². The van der Waals surface area contributed by atoms with Gasteiger partial charge in [0.1, 0.15) is 17.6 Å². The molecule has 0 amide bonds. The first-order valence-electron chi connectivity index (χ1n) is 14.7. The van der Waals surface area contributed by atoms with E-state index < -0.39 is 29.4 Å². The summed E-state index contributed by atoms with van der Waals surface area (Å²) < 4.78 is 5.68. The summed E-state index contributed by atoms with van der Waals surface area (Å²) in [4.78, 5) is 38.6. The van der Waals surface area contributed by atoms with Gasteiger partial charge in [-0.1, -0.05) is 75.0 Å². The molecule has 218 valence electrons. The molecule has 1 aromatic carbocycles. The Hall–Kier alpha value is -3.41. The highest BCUT2D eigenvalue weighted by atomic mass is 16.5. The SMILES string of the molecule is CCCCC/C=C/C/C=C/CCCCCCCC(=O)O[C@H](CC=C(C)C)C1=CC(=O)c2c(O)ccc(O)c2C1=O. The van der Waals surface area contributed by atoms with Crippen LogP contribution < -0.4 is 0 Å². The van der Waals surface area contributed by atoms with Crippen LogP contribution in [-0.4, -0.2) is 33.9 Å². The lowest BCUT2D eigenvalue weighted by Gasteiger charge is -2.23. The Morgan fingerprint density at radius 2 is 1.45 bits per heavy atom. The van der Waals surface area contributed by atoms with E-state index in [1.165, 1.54) is 37.8 Å². The van der Waals surface area contributed by atoms with E-state index in [1.807, 2.05) is 19.9 Å². The Bertz CT molecular complexity index is 1120. The van der Waals surface area contributed by atoms with Crippen molar-refractivity contribution in [2.45, 2.75) is 110 Å². The van der Waals surface area contributed by atoms with Crippen LogP contribution >= 0.6 is 0 Å². The van der Waals surface area contributed by atoms with Crippen molar-refractivity contribution in [2.24, 2.45) is 0 Å². The van der Waals surface area contributed by atoms with Crippen molar-refractivity contribution in [3.63, 3.8) is 0 Å². The molecule has 0 bridgehead atoms. The summed E-state index contributed by atoms with van der Waals surface area (Å²) in [5, 5.41) is 20.3. The van der Waals surface area contributed by atoms with Crippen molar-refractivity contribution in [1.29, 1.82) is 0 Å². The number of carbonyl (C=O) groups excluding carboxylic acids is 3. The smallest absolute Gasteiger partial charge is 0.306 e. The van der Waals surface area contributed by atoms with E-state index in [9.17, 15) is 24.6 Å². The summed E-state index contributed by atoms with van der Waals surface area (Å²) in [6, 6.07) is 2.34. The number of phenols is 2. The van der Waals surface area contributed by atoms with Crippen LogP contribution in [0.25, 0.3) is 0 Å². The number of phenolic OH excluding ortho intramolecular Hbond substituents is 2. The van der Waals surface area contributed by atoms with Gasteiger partial charge >= 0.3 is 5.97 Å². The lowest BCUT2D eigenvalue weighted by molar-refractivity contribution is -0.147. The molecule has 6 nitrogen and oxygen atoms in total. The minimum atomic E-state index is -0.952. The quantitative estimate of drug-likeness (QED) is 0.0822. The highest BCUT2D eigenvalue weighted by Crippen LogP contribution is 2.36. The maximum atomic E-state index is 13.2. The van der Waals surface area contributed by atoms with Gasteiger partial charge in [-0.25, -0.2) is 0 Å². The molecule has 40 heavy (non-hydrogen) atoms. The molecular weight excluding hydrogens is 504 g/mol. The number of benzene rings is 1. The number of fused-ring (bicyclic) bond motifs is 1. The number of ether oxygens (including phenoxy) is 1. The zero-order valence-corrected chi connectivity index (χ0v) is 24.4. The van der Waals surface area contributed by atoms with Crippen molar-refractivity contribution >= 4 is 17.5 Å². The van der Waals surface area contributed by atoms with Crippen LogP contribution in [0.15, 0.2) is 59.7 Å². The average Bonchev–Trinajstić information content (AvgIpc) is 2.92. The summed E-state index contributed by atoms with van der Waals surface area (Å²) in [6.45, 7) is 6.00. The molecule has 0 saturated heterocycles. The number of aromatic hydroxyl groups is 2. The second kappa shape index (κ2) is 18.0. The van der Waals surface area contributed by atoms with E-state index in [-0.39, 0.29) is 35.3 Å². The Balaban J connectivity index is 1.78. The molecule has 1 atom stereocenters. The van der Waals surface area contributed by atoms with Gasteiger partial charge in [-0.15, -0.1) is 0 Å². The lowest BCUT2D eigenvalue weighted by Crippen LogP contribution is -2.29. The van der Waals surface area contributed by atoms with Gasteiger partial charge in [0.25, 0.3) is 0 Å². The Kier molecular flexibility index (Phi) is 14.8. The van der Waals surface area contributed by atoms with Gasteiger partial charge in [0.05, 0.1) is 11.1 Å². The molecule has 0 heterocycles. The Morgan fingerprint density at radius 3 is 2.10 bits per heavy atom. The first kappa shape index (κ1) is 32.8. The van der Waals surface area contributed by atoms with Crippen LogP contribution in [0.3, 0.4) is 0 Å². The van der Waals surface area contributed by atoms with Crippen molar-refractivity contribution < 1.29 is 29.3 Å². The Labute approximate surface area is 239 Å². The maximum absolute atomic E-state index is 13.2. The number of unbranched alkanes of at least 4 members (excludes halogenated alkanes) is 8. The van der Waals surface area contributed by atoms with E-state index >= 15 is 0 Å². The monoisotopic (exact) mass is 550 g/mol. The highest BCUT2D eigenvalue weighted by Gasteiger charge is 2.35. The third-order valence-electron chi connectivity index (χ3n) is 6.88. The van der Waals surface area contributed by atoms with Crippen molar-refractivity contribution in [1.82, 2.24) is 0 Å². The molecule has 0 aliphatic heterocycles. The van der Waals surface area contributed by atoms with E-state index in [4.69, 9.17) is 4.74 Å². The topological polar surface area (TPSA) is 101 Å². The van der Waals surface area contributed by atoms with E-state index in [0.717, 1.165) is 50.2 Å². The normalized spacial score (nSPS) is 13.9. The van der Waals surface area contributed by atoms with Crippen LogP contribution in [0.2, 0.25) is 0 Å². The van der Waals surface area contributed by atoms with Gasteiger partial charge in [-0.3, -0.25) is 14.4 Å². The lowest BCUT2D eigenvalue weighted by atomic mass is 9.85. The minimum absolute atomic E-state index is 0.00397. The maximum Gasteiger partial charge on any atom is 0.306 e. The molecule has 6 heteroatoms. The van der Waals surface area contributed by atoms with E-state index in [1.54, 1.807) is 0 Å². The predicted molar refractivity (Wildman–Crippen MR) is 160 cm³/mol. The first-order valence-corrected chi connectivity index (χ1v) is 14.7. The van der Waals surface area contributed by atoms with Crippen LogP contribution in [0, 0.1) is 0 Å². The highest BCUT2D eigenvalue weighted by molar-refractivity contribution is 6.27. The van der Waals surface area contributed by atoms with Gasteiger partial charge in [0, 0.05) is 18.4 Å². The standard InChI is InChI=1S/C34H46O6/c1-4-5-6-7-8-9-10-11-12-13-14-15-16-17-18-19-31(38)40-30(23-20-25(2)3)26-24-29(37)32-27(35)21-22-28(36)33(32)34(26)39/h8-9,11-12,20-22,24,30,35-36H,4-7,10,13-19,23H2,1-3H3/b9-8+,12-11+/t30-/m1/s1. The summed E-state index contributed by atoms with van der Waals surface area (Å²) in [6.07, 6.45) is 23.4. The number of carbonyl (C=O) groups is 3. The number of hydrogen-bond donors (Lipinski definition) is 2. The second-order valence-corrected chi connectivity index (χ2v) is 10.6. The molecule has 0 saturated carbocycles. The number of esters is 1. The van der Waals surface area contributed by atoms with Gasteiger partial charge in [-0.05, 0) is 70.6 Å². The molecule has 0 unspecified atom stereocenters. The van der Waals surface area contributed by atoms with Gasteiger partial charge in [0.15, 0.2) is 11.6 Å². The number of allylic oxidation sites excluding steroid dienone is 6.